The van der Waals surface area contributed by atoms with Gasteiger partial charge in [0, 0.05) is 20.2 Å². The Morgan fingerprint density at radius 2 is 1.39 bits per heavy atom. The van der Waals surface area contributed by atoms with Gasteiger partial charge in [-0.25, -0.2) is 0 Å². The molecule has 1 aliphatic rings. The van der Waals surface area contributed by atoms with Gasteiger partial charge >= 0.3 is 0 Å². The molecule has 0 radical (unpaired) electrons. The second-order valence-electron chi connectivity index (χ2n) is 7.77. The maximum atomic E-state index is 2.40. The highest BCUT2D eigenvalue weighted by Crippen LogP contribution is 2.48. The smallest absolute Gasteiger partial charge is 0.0434 e. The Hall–Kier alpha value is -3.16. The van der Waals surface area contributed by atoms with Crippen LogP contribution in [0.5, 0.6) is 0 Å². The molecule has 28 heavy (non-hydrogen) atoms. The van der Waals surface area contributed by atoms with Crippen LogP contribution in [0.15, 0.2) is 84.9 Å². The van der Waals surface area contributed by atoms with E-state index in [4.69, 9.17) is 0 Å². The Morgan fingerprint density at radius 3 is 2.29 bits per heavy atom. The van der Waals surface area contributed by atoms with Crippen LogP contribution in [0, 0.1) is 0 Å². The van der Waals surface area contributed by atoms with Crippen molar-refractivity contribution in [2.24, 2.45) is 0 Å². The molecule has 0 bridgehead atoms. The molecule has 0 saturated heterocycles. The number of hydrogen-bond donors (Lipinski definition) is 0. The first-order valence-corrected chi connectivity index (χ1v) is 10.6. The molecular formula is C27H16S. The minimum Gasteiger partial charge on any atom is -0.135 e. The zero-order valence-corrected chi connectivity index (χ0v) is 16.0. The largest absolute Gasteiger partial charge is 0.135 e. The number of fused-ring (bicyclic) bond motifs is 10. The number of thiophene rings is 1. The Kier molecular flexibility index (Phi) is 2.76. The van der Waals surface area contributed by atoms with Gasteiger partial charge in [0.15, 0.2) is 0 Å². The van der Waals surface area contributed by atoms with Gasteiger partial charge in [-0.15, -0.1) is 11.3 Å². The van der Waals surface area contributed by atoms with E-state index in [1.807, 2.05) is 11.3 Å². The summed E-state index contributed by atoms with van der Waals surface area (Å²) in [6.07, 6.45) is 1.04. The van der Waals surface area contributed by atoms with Crippen LogP contribution < -0.4 is 0 Å². The quantitative estimate of drug-likeness (QED) is 0.253. The van der Waals surface area contributed by atoms with Crippen molar-refractivity contribution in [3.63, 3.8) is 0 Å². The van der Waals surface area contributed by atoms with Crippen LogP contribution in [0.1, 0.15) is 11.1 Å². The predicted octanol–water partition coefficient (Wildman–Crippen LogP) is 7.93. The molecule has 0 nitrogen and oxygen atoms in total. The lowest BCUT2D eigenvalue weighted by atomic mass is 9.96. The van der Waals surface area contributed by atoms with Gasteiger partial charge < -0.3 is 0 Å². The zero-order valence-electron chi connectivity index (χ0n) is 15.2. The average Bonchev–Trinajstić information content (AvgIpc) is 3.29. The summed E-state index contributed by atoms with van der Waals surface area (Å²) in [6, 6.07) is 31.5. The van der Waals surface area contributed by atoms with Crippen LogP contribution in [0.2, 0.25) is 0 Å². The van der Waals surface area contributed by atoms with Gasteiger partial charge in [0.05, 0.1) is 0 Å². The van der Waals surface area contributed by atoms with Gasteiger partial charge in [0.25, 0.3) is 0 Å². The van der Waals surface area contributed by atoms with Crippen molar-refractivity contribution in [1.29, 1.82) is 0 Å². The Morgan fingerprint density at radius 1 is 0.607 bits per heavy atom. The van der Waals surface area contributed by atoms with Gasteiger partial charge in [0.2, 0.25) is 0 Å². The third kappa shape index (κ3) is 1.85. The molecule has 5 aromatic carbocycles. The highest BCUT2D eigenvalue weighted by atomic mass is 32.1. The van der Waals surface area contributed by atoms with E-state index in [9.17, 15) is 0 Å². The Labute approximate surface area is 166 Å². The first kappa shape index (κ1) is 14.8. The summed E-state index contributed by atoms with van der Waals surface area (Å²) in [6.45, 7) is 0. The van der Waals surface area contributed by atoms with Gasteiger partial charge in [-0.2, -0.15) is 0 Å². The van der Waals surface area contributed by atoms with Crippen molar-refractivity contribution in [2.75, 3.05) is 0 Å². The Bertz CT molecular complexity index is 1580. The zero-order chi connectivity index (χ0) is 18.2. The molecule has 1 heterocycles. The van der Waals surface area contributed by atoms with Crippen LogP contribution >= 0.6 is 11.3 Å². The number of rotatable bonds is 0. The van der Waals surface area contributed by atoms with E-state index in [1.165, 1.54) is 64.0 Å². The van der Waals surface area contributed by atoms with Gasteiger partial charge in [-0.1, -0.05) is 72.8 Å². The molecule has 0 saturated carbocycles. The van der Waals surface area contributed by atoms with E-state index in [0.29, 0.717) is 0 Å². The van der Waals surface area contributed by atoms with Crippen LogP contribution in [0.3, 0.4) is 0 Å². The molecule has 7 rings (SSSR count). The molecule has 0 fully saturated rings. The lowest BCUT2D eigenvalue weighted by molar-refractivity contribution is 1.27. The van der Waals surface area contributed by atoms with E-state index in [2.05, 4.69) is 84.9 Å². The summed E-state index contributed by atoms with van der Waals surface area (Å²) in [5, 5.41) is 8.20. The van der Waals surface area contributed by atoms with Crippen LogP contribution in [0.4, 0.5) is 0 Å². The normalized spacial score (nSPS) is 12.9. The fraction of sp³-hybridized carbons (Fsp3) is 0.0370. The molecule has 130 valence electrons. The summed E-state index contributed by atoms with van der Waals surface area (Å²) in [4.78, 5) is 0. The van der Waals surface area contributed by atoms with Crippen molar-refractivity contribution in [1.82, 2.24) is 0 Å². The van der Waals surface area contributed by atoms with Crippen molar-refractivity contribution >= 4 is 53.1 Å². The molecule has 1 aliphatic carbocycles. The second-order valence-corrected chi connectivity index (χ2v) is 8.82. The van der Waals surface area contributed by atoms with Gasteiger partial charge in [-0.3, -0.25) is 0 Å². The van der Waals surface area contributed by atoms with E-state index in [-0.39, 0.29) is 0 Å². The molecule has 0 amide bonds. The molecule has 0 spiro atoms. The summed E-state index contributed by atoms with van der Waals surface area (Å²) in [5.41, 5.74) is 5.80. The van der Waals surface area contributed by atoms with Crippen molar-refractivity contribution < 1.29 is 0 Å². The van der Waals surface area contributed by atoms with Crippen molar-refractivity contribution in [3.8, 4) is 11.1 Å². The lowest BCUT2D eigenvalue weighted by Crippen LogP contribution is -1.81. The van der Waals surface area contributed by atoms with E-state index in [0.717, 1.165) is 6.42 Å². The third-order valence-corrected chi connectivity index (χ3v) is 7.44. The van der Waals surface area contributed by atoms with E-state index in [1.54, 1.807) is 0 Å². The summed E-state index contributed by atoms with van der Waals surface area (Å²) >= 11 is 1.94. The fourth-order valence-electron chi connectivity index (χ4n) is 4.97. The van der Waals surface area contributed by atoms with Gasteiger partial charge in [-0.05, 0) is 62.4 Å². The number of hydrogen-bond acceptors (Lipinski definition) is 1. The molecule has 0 N–H and O–H groups in total. The molecular weight excluding hydrogens is 356 g/mol. The summed E-state index contributed by atoms with van der Waals surface area (Å²) in [5.74, 6) is 0. The highest BCUT2D eigenvalue weighted by Gasteiger charge is 2.23. The molecule has 6 aromatic rings. The average molecular weight is 372 g/mol. The maximum Gasteiger partial charge on any atom is 0.0434 e. The Balaban J connectivity index is 1.65. The van der Waals surface area contributed by atoms with Crippen LogP contribution in [0.25, 0.3) is 52.8 Å². The predicted molar refractivity (Wildman–Crippen MR) is 123 cm³/mol. The minimum absolute atomic E-state index is 1.04. The molecule has 0 unspecified atom stereocenters. The van der Waals surface area contributed by atoms with Crippen LogP contribution in [-0.2, 0) is 6.42 Å². The van der Waals surface area contributed by atoms with Crippen molar-refractivity contribution in [3.05, 3.63) is 96.1 Å². The van der Waals surface area contributed by atoms with E-state index < -0.39 is 0 Å². The second kappa shape index (κ2) is 5.21. The van der Waals surface area contributed by atoms with E-state index >= 15 is 0 Å². The minimum atomic E-state index is 1.04. The monoisotopic (exact) mass is 372 g/mol. The maximum absolute atomic E-state index is 2.40. The standard InChI is InChI=1S/C27H16S/c1-2-7-18-15-23-20(13-17(18)6-1)14-19-10-12-24-26(25(19)23)22-11-9-16-5-3-4-8-21(16)27(22)28-24/h1-13,15H,14H2. The third-order valence-electron chi connectivity index (χ3n) is 6.24. The first-order valence-electron chi connectivity index (χ1n) is 9.75. The molecule has 1 heteroatoms. The van der Waals surface area contributed by atoms with Crippen LogP contribution in [-0.4, -0.2) is 0 Å². The number of benzene rings is 5. The molecule has 0 aliphatic heterocycles. The van der Waals surface area contributed by atoms with Crippen molar-refractivity contribution in [2.45, 2.75) is 6.42 Å². The lowest BCUT2D eigenvalue weighted by Gasteiger charge is -2.07. The first-order chi connectivity index (χ1) is 13.9. The highest BCUT2D eigenvalue weighted by molar-refractivity contribution is 7.26. The summed E-state index contributed by atoms with van der Waals surface area (Å²) in [7, 11) is 0. The topological polar surface area (TPSA) is 0 Å². The molecule has 1 aromatic heterocycles. The molecule has 0 atom stereocenters. The summed E-state index contributed by atoms with van der Waals surface area (Å²) < 4.78 is 2.81. The van der Waals surface area contributed by atoms with Gasteiger partial charge in [0.1, 0.15) is 0 Å². The SMILES string of the molecule is c1ccc2cc3c(cc2c1)Cc1ccc2sc4c5ccccc5ccc4c2c1-3. The fourth-order valence-corrected chi connectivity index (χ4v) is 6.21.